The zero-order valence-electron chi connectivity index (χ0n) is 12.7. The monoisotopic (exact) mass is 248 g/mol. The molecule has 0 aromatic rings. The van der Waals surface area contributed by atoms with Crippen LogP contribution in [0.2, 0.25) is 0 Å². The van der Waals surface area contributed by atoms with E-state index in [1.165, 1.54) is 51.4 Å². The molecule has 0 N–H and O–H groups in total. The zero-order chi connectivity index (χ0) is 13.0. The van der Waals surface area contributed by atoms with Crippen molar-refractivity contribution in [3.8, 4) is 0 Å². The minimum atomic E-state index is 1.01. The summed E-state index contributed by atoms with van der Waals surface area (Å²) < 4.78 is 0. The first-order valence-electron chi connectivity index (χ1n) is 8.40. The van der Waals surface area contributed by atoms with Gasteiger partial charge in [-0.1, -0.05) is 45.8 Å². The molecule has 2 aliphatic carbocycles. The Morgan fingerprint density at radius 3 is 2.33 bits per heavy atom. The van der Waals surface area contributed by atoms with Gasteiger partial charge in [-0.25, -0.2) is 0 Å². The topological polar surface area (TPSA) is 0 Å². The van der Waals surface area contributed by atoms with Gasteiger partial charge in [0.15, 0.2) is 0 Å². The Hall–Kier alpha value is -0.260. The molecule has 2 saturated carbocycles. The standard InChI is InChI=1S/C18H32/c1-4-5-6-7-8-9-10-11-12-16-17-13-14(2)15(3)18(16)17/h8-9,14-18H,4-7,10-13H2,1-3H3/b9-8-/t14-,15?,16?,17?,18?/m0/s1. The second kappa shape index (κ2) is 6.78. The van der Waals surface area contributed by atoms with Crippen molar-refractivity contribution in [2.75, 3.05) is 0 Å². The Labute approximate surface area is 114 Å². The first-order valence-corrected chi connectivity index (χ1v) is 8.40. The molecule has 2 rings (SSSR count). The van der Waals surface area contributed by atoms with Crippen molar-refractivity contribution >= 4 is 0 Å². The SMILES string of the molecule is CCCCC/C=C\CCCC1C2C[C@H](C)C(C)C12. The average Bonchev–Trinajstić information content (AvgIpc) is 2.95. The molecule has 4 unspecified atom stereocenters. The largest absolute Gasteiger partial charge is 0.0885 e. The maximum atomic E-state index is 2.49. The van der Waals surface area contributed by atoms with E-state index in [0.717, 1.165) is 29.6 Å². The Balaban J connectivity index is 1.48. The van der Waals surface area contributed by atoms with Crippen molar-refractivity contribution in [1.29, 1.82) is 0 Å². The molecule has 0 aromatic heterocycles. The molecule has 104 valence electrons. The van der Waals surface area contributed by atoms with Gasteiger partial charge in [-0.05, 0) is 68.1 Å². The molecule has 0 radical (unpaired) electrons. The minimum absolute atomic E-state index is 1.01. The van der Waals surface area contributed by atoms with Crippen LogP contribution in [0.5, 0.6) is 0 Å². The number of rotatable bonds is 8. The Kier molecular flexibility index (Phi) is 5.33. The van der Waals surface area contributed by atoms with E-state index in [-0.39, 0.29) is 0 Å². The molecule has 0 heterocycles. The van der Waals surface area contributed by atoms with Gasteiger partial charge < -0.3 is 0 Å². The summed E-state index contributed by atoms with van der Waals surface area (Å²) in [4.78, 5) is 0. The van der Waals surface area contributed by atoms with Gasteiger partial charge in [0.2, 0.25) is 0 Å². The van der Waals surface area contributed by atoms with Crippen LogP contribution in [-0.4, -0.2) is 0 Å². The predicted molar refractivity (Wildman–Crippen MR) is 80.5 cm³/mol. The van der Waals surface area contributed by atoms with E-state index in [1.54, 1.807) is 0 Å². The normalized spacial score (nSPS) is 38.3. The lowest BCUT2D eigenvalue weighted by Gasteiger charge is -2.15. The van der Waals surface area contributed by atoms with Gasteiger partial charge >= 0.3 is 0 Å². The first kappa shape index (κ1) is 14.2. The van der Waals surface area contributed by atoms with Crippen LogP contribution in [-0.2, 0) is 0 Å². The minimum Gasteiger partial charge on any atom is -0.0885 e. The van der Waals surface area contributed by atoms with Gasteiger partial charge in [0.1, 0.15) is 0 Å². The van der Waals surface area contributed by atoms with Gasteiger partial charge in [0, 0.05) is 0 Å². The second-order valence-electron chi connectivity index (χ2n) is 6.88. The van der Waals surface area contributed by atoms with Gasteiger partial charge in [0.05, 0.1) is 0 Å². The summed E-state index contributed by atoms with van der Waals surface area (Å²) in [6.45, 7) is 7.22. The number of unbranched alkanes of at least 4 members (excludes halogenated alkanes) is 4. The van der Waals surface area contributed by atoms with Crippen molar-refractivity contribution in [3.05, 3.63) is 12.2 Å². The highest BCUT2D eigenvalue weighted by Crippen LogP contribution is 2.64. The Morgan fingerprint density at radius 2 is 1.72 bits per heavy atom. The van der Waals surface area contributed by atoms with Crippen molar-refractivity contribution in [3.63, 3.8) is 0 Å². The summed E-state index contributed by atoms with van der Waals surface area (Å²) in [5, 5.41) is 0. The molecule has 0 saturated heterocycles. The van der Waals surface area contributed by atoms with Gasteiger partial charge in [-0.15, -0.1) is 0 Å². The zero-order valence-corrected chi connectivity index (χ0v) is 12.7. The van der Waals surface area contributed by atoms with Crippen LogP contribution in [0.25, 0.3) is 0 Å². The van der Waals surface area contributed by atoms with Crippen LogP contribution in [0.1, 0.15) is 72.1 Å². The third kappa shape index (κ3) is 3.39. The van der Waals surface area contributed by atoms with Crippen LogP contribution in [0, 0.1) is 29.6 Å². The maximum absolute atomic E-state index is 2.49. The van der Waals surface area contributed by atoms with E-state index >= 15 is 0 Å². The smallest absolute Gasteiger partial charge is 0.0323 e. The lowest BCUT2D eigenvalue weighted by atomic mass is 9.90. The maximum Gasteiger partial charge on any atom is -0.0323 e. The Morgan fingerprint density at radius 1 is 1.00 bits per heavy atom. The fraction of sp³-hybridized carbons (Fsp3) is 0.889. The summed E-state index contributed by atoms with van der Waals surface area (Å²) in [6, 6.07) is 0. The fourth-order valence-electron chi connectivity index (χ4n) is 4.24. The summed E-state index contributed by atoms with van der Waals surface area (Å²) in [7, 11) is 0. The quantitative estimate of drug-likeness (QED) is 0.374. The average molecular weight is 248 g/mol. The van der Waals surface area contributed by atoms with E-state index in [4.69, 9.17) is 0 Å². The van der Waals surface area contributed by atoms with Crippen LogP contribution < -0.4 is 0 Å². The molecule has 0 spiro atoms. The number of allylic oxidation sites excluding steroid dienone is 2. The van der Waals surface area contributed by atoms with Crippen LogP contribution >= 0.6 is 0 Å². The third-order valence-corrected chi connectivity index (χ3v) is 5.60. The summed E-state index contributed by atoms with van der Waals surface area (Å²) >= 11 is 0. The summed E-state index contributed by atoms with van der Waals surface area (Å²) in [5.41, 5.74) is 0. The van der Waals surface area contributed by atoms with Crippen LogP contribution in [0.4, 0.5) is 0 Å². The molecule has 0 aromatic carbocycles. The van der Waals surface area contributed by atoms with Crippen molar-refractivity contribution in [2.24, 2.45) is 29.6 Å². The highest BCUT2D eigenvalue weighted by Gasteiger charge is 2.57. The molecule has 0 bridgehead atoms. The van der Waals surface area contributed by atoms with Gasteiger partial charge in [-0.2, -0.15) is 0 Å². The second-order valence-corrected chi connectivity index (χ2v) is 6.88. The van der Waals surface area contributed by atoms with Crippen molar-refractivity contribution < 1.29 is 0 Å². The molecular formula is C18H32. The van der Waals surface area contributed by atoms with E-state index < -0.39 is 0 Å². The summed E-state index contributed by atoms with van der Waals surface area (Å²) in [5.74, 6) is 5.39. The number of hydrogen-bond acceptors (Lipinski definition) is 0. The molecule has 0 heteroatoms. The lowest BCUT2D eigenvalue weighted by molar-refractivity contribution is 0.345. The van der Waals surface area contributed by atoms with Crippen LogP contribution in [0.3, 0.4) is 0 Å². The molecule has 0 nitrogen and oxygen atoms in total. The molecule has 2 aliphatic rings. The summed E-state index contributed by atoms with van der Waals surface area (Å²) in [6.07, 6.45) is 16.1. The van der Waals surface area contributed by atoms with E-state index in [2.05, 4.69) is 32.9 Å². The Bertz CT molecular complexity index is 265. The molecule has 18 heavy (non-hydrogen) atoms. The molecule has 2 fully saturated rings. The molecule has 0 aliphatic heterocycles. The first-order chi connectivity index (χ1) is 8.75. The third-order valence-electron chi connectivity index (χ3n) is 5.60. The van der Waals surface area contributed by atoms with E-state index in [9.17, 15) is 0 Å². The highest BCUT2D eigenvalue weighted by atomic mass is 14.6. The number of fused-ring (bicyclic) bond motifs is 1. The van der Waals surface area contributed by atoms with E-state index in [1.807, 2.05) is 0 Å². The predicted octanol–water partition coefficient (Wildman–Crippen LogP) is 5.83. The van der Waals surface area contributed by atoms with Crippen molar-refractivity contribution in [2.45, 2.75) is 72.1 Å². The van der Waals surface area contributed by atoms with Crippen molar-refractivity contribution in [1.82, 2.24) is 0 Å². The van der Waals surface area contributed by atoms with Crippen LogP contribution in [0.15, 0.2) is 12.2 Å². The molecular weight excluding hydrogens is 216 g/mol. The molecule has 0 amide bonds. The fourth-order valence-corrected chi connectivity index (χ4v) is 4.24. The van der Waals surface area contributed by atoms with Gasteiger partial charge in [0.25, 0.3) is 0 Å². The number of hydrogen-bond donors (Lipinski definition) is 0. The molecule has 5 atom stereocenters. The lowest BCUT2D eigenvalue weighted by Crippen LogP contribution is -2.07. The van der Waals surface area contributed by atoms with E-state index in [0.29, 0.717) is 0 Å². The van der Waals surface area contributed by atoms with Gasteiger partial charge in [-0.3, -0.25) is 0 Å². The highest BCUT2D eigenvalue weighted by molar-refractivity contribution is 5.06.